The van der Waals surface area contributed by atoms with Crippen LogP contribution in [0.5, 0.6) is 0 Å². The van der Waals surface area contributed by atoms with E-state index in [0.717, 1.165) is 11.3 Å². The van der Waals surface area contributed by atoms with E-state index < -0.39 is 27.2 Å². The minimum Gasteiger partial charge on any atom is -0.465 e. The van der Waals surface area contributed by atoms with Crippen molar-refractivity contribution in [2.24, 2.45) is 5.41 Å². The van der Waals surface area contributed by atoms with E-state index in [4.69, 9.17) is 4.74 Å². The quantitative estimate of drug-likeness (QED) is 0.681. The summed E-state index contributed by atoms with van der Waals surface area (Å²) in [6.07, 6.45) is 0.348. The van der Waals surface area contributed by atoms with Crippen LogP contribution in [-0.4, -0.2) is 38.8 Å². The van der Waals surface area contributed by atoms with Gasteiger partial charge in [0.2, 0.25) is 5.91 Å². The topological polar surface area (TPSA) is 92.8 Å². The van der Waals surface area contributed by atoms with Crippen molar-refractivity contribution in [3.8, 4) is 0 Å². The Labute approximate surface area is 185 Å². The van der Waals surface area contributed by atoms with Gasteiger partial charge in [-0.15, -0.1) is 11.3 Å². The Hall–Kier alpha value is -2.30. The summed E-state index contributed by atoms with van der Waals surface area (Å²) in [7, 11) is -2.94. The zero-order chi connectivity index (χ0) is 23.0. The first-order chi connectivity index (χ1) is 14.5. The summed E-state index contributed by atoms with van der Waals surface area (Å²) in [5, 5.41) is 0. The Morgan fingerprint density at radius 3 is 2.55 bits per heavy atom. The number of carbonyl (C=O) groups excluding carboxylic acids is 2. The number of hydrogen-bond acceptors (Lipinski definition) is 6. The number of sulfonamides is 1. The van der Waals surface area contributed by atoms with Crippen molar-refractivity contribution in [3.63, 3.8) is 0 Å². The van der Waals surface area contributed by atoms with Gasteiger partial charge in [-0.05, 0) is 18.1 Å². The Morgan fingerprint density at radius 1 is 1.26 bits per heavy atom. The SMILES string of the molecule is COC(=O)c1c(S(=O)(=O)NCc2ccccc2F)sc2c1CCN(C(=O)C(C)(C)C)C2. The van der Waals surface area contributed by atoms with Gasteiger partial charge in [0.15, 0.2) is 0 Å². The molecule has 0 bridgehead atoms. The fraction of sp³-hybridized carbons (Fsp3) is 0.429. The number of amides is 1. The molecule has 0 spiro atoms. The van der Waals surface area contributed by atoms with E-state index >= 15 is 0 Å². The summed E-state index contributed by atoms with van der Waals surface area (Å²) in [5.41, 5.74) is 0.192. The molecule has 1 aromatic carbocycles. The van der Waals surface area contributed by atoms with Gasteiger partial charge in [0, 0.05) is 28.9 Å². The molecular weight excluding hydrogens is 443 g/mol. The molecule has 10 heteroatoms. The van der Waals surface area contributed by atoms with Crippen LogP contribution < -0.4 is 4.72 Å². The standard InChI is InChI=1S/C21H25FN2O5S2/c1-21(2,3)20(26)24-10-9-14-16(12-24)30-19(17(14)18(25)29-4)31(27,28)23-11-13-7-5-6-8-15(13)22/h5-8,23H,9-12H2,1-4H3. The molecule has 1 aromatic heterocycles. The van der Waals surface area contributed by atoms with Crippen molar-refractivity contribution in [2.45, 2.75) is 44.5 Å². The van der Waals surface area contributed by atoms with Crippen LogP contribution in [0.15, 0.2) is 28.5 Å². The predicted molar refractivity (Wildman–Crippen MR) is 115 cm³/mol. The van der Waals surface area contributed by atoms with Gasteiger partial charge >= 0.3 is 5.97 Å². The maximum Gasteiger partial charge on any atom is 0.340 e. The average molecular weight is 469 g/mol. The maximum absolute atomic E-state index is 13.9. The average Bonchev–Trinajstić information content (AvgIpc) is 3.11. The van der Waals surface area contributed by atoms with Crippen molar-refractivity contribution in [1.82, 2.24) is 9.62 Å². The molecule has 168 valence electrons. The highest BCUT2D eigenvalue weighted by Gasteiger charge is 2.36. The molecule has 0 atom stereocenters. The molecule has 3 rings (SSSR count). The molecule has 2 aromatic rings. The Morgan fingerprint density at radius 2 is 1.94 bits per heavy atom. The van der Waals surface area contributed by atoms with Crippen LogP contribution in [0.4, 0.5) is 4.39 Å². The van der Waals surface area contributed by atoms with E-state index in [1.165, 1.54) is 25.3 Å². The highest BCUT2D eigenvalue weighted by atomic mass is 32.2. The number of hydrogen-bond donors (Lipinski definition) is 1. The molecule has 0 saturated carbocycles. The summed E-state index contributed by atoms with van der Waals surface area (Å²) in [4.78, 5) is 27.4. The molecule has 0 fully saturated rings. The van der Waals surface area contributed by atoms with Crippen LogP contribution in [0.3, 0.4) is 0 Å². The second kappa shape index (κ2) is 8.68. The van der Waals surface area contributed by atoms with Gasteiger partial charge in [-0.3, -0.25) is 4.79 Å². The van der Waals surface area contributed by atoms with E-state index in [0.29, 0.717) is 23.4 Å². The van der Waals surface area contributed by atoms with E-state index in [1.54, 1.807) is 11.0 Å². The van der Waals surface area contributed by atoms with Gasteiger partial charge in [-0.25, -0.2) is 22.3 Å². The summed E-state index contributed by atoms with van der Waals surface area (Å²) < 4.78 is 47.0. The van der Waals surface area contributed by atoms with Crippen LogP contribution in [0, 0.1) is 11.2 Å². The van der Waals surface area contributed by atoms with Crippen molar-refractivity contribution in [1.29, 1.82) is 0 Å². The first-order valence-electron chi connectivity index (χ1n) is 9.71. The minimum atomic E-state index is -4.12. The smallest absolute Gasteiger partial charge is 0.340 e. The van der Waals surface area contributed by atoms with E-state index in [2.05, 4.69) is 4.72 Å². The molecule has 0 unspecified atom stereocenters. The largest absolute Gasteiger partial charge is 0.465 e. The van der Waals surface area contributed by atoms with Gasteiger partial charge in [-0.2, -0.15) is 0 Å². The fourth-order valence-electron chi connectivity index (χ4n) is 3.40. The second-order valence-electron chi connectivity index (χ2n) is 8.30. The van der Waals surface area contributed by atoms with Crippen LogP contribution in [0.1, 0.15) is 47.1 Å². The Bertz CT molecular complexity index is 1120. The molecule has 0 saturated heterocycles. The number of esters is 1. The molecule has 7 nitrogen and oxygen atoms in total. The Balaban J connectivity index is 1.95. The molecule has 0 radical (unpaired) electrons. The zero-order valence-electron chi connectivity index (χ0n) is 17.8. The van der Waals surface area contributed by atoms with Crippen LogP contribution in [-0.2, 0) is 39.1 Å². The molecule has 0 aliphatic carbocycles. The number of benzene rings is 1. The normalized spacial score (nSPS) is 14.3. The first kappa shape index (κ1) is 23.4. The number of carbonyl (C=O) groups is 2. The molecule has 1 N–H and O–H groups in total. The second-order valence-corrected chi connectivity index (χ2v) is 11.4. The van der Waals surface area contributed by atoms with E-state index in [9.17, 15) is 22.4 Å². The molecule has 2 heterocycles. The van der Waals surface area contributed by atoms with Crippen molar-refractivity contribution in [3.05, 3.63) is 51.7 Å². The number of halogens is 1. The third-order valence-corrected chi connectivity index (χ3v) is 8.13. The number of thiophene rings is 1. The highest BCUT2D eigenvalue weighted by molar-refractivity contribution is 7.91. The molecule has 1 aliphatic rings. The van der Waals surface area contributed by atoms with Crippen LogP contribution in [0.2, 0.25) is 0 Å². The Kier molecular flexibility index (Phi) is 6.54. The minimum absolute atomic E-state index is 0.00797. The fourth-order valence-corrected chi connectivity index (χ4v) is 6.35. The highest BCUT2D eigenvalue weighted by Crippen LogP contribution is 2.37. The first-order valence-corrected chi connectivity index (χ1v) is 12.0. The van der Waals surface area contributed by atoms with Crippen molar-refractivity contribution >= 4 is 33.2 Å². The van der Waals surface area contributed by atoms with E-state index in [1.807, 2.05) is 20.8 Å². The lowest BCUT2D eigenvalue weighted by atomic mass is 9.93. The summed E-state index contributed by atoms with van der Waals surface area (Å²) in [6.45, 7) is 5.81. The molecule has 1 aliphatic heterocycles. The zero-order valence-corrected chi connectivity index (χ0v) is 19.5. The van der Waals surface area contributed by atoms with Gasteiger partial charge in [0.1, 0.15) is 10.0 Å². The van der Waals surface area contributed by atoms with Crippen molar-refractivity contribution in [2.75, 3.05) is 13.7 Å². The number of fused-ring (bicyclic) bond motifs is 1. The van der Waals surface area contributed by atoms with Gasteiger partial charge in [-0.1, -0.05) is 39.0 Å². The summed E-state index contributed by atoms with van der Waals surface area (Å²) in [6, 6.07) is 5.85. The number of rotatable bonds is 5. The van der Waals surface area contributed by atoms with Crippen LogP contribution in [0.25, 0.3) is 0 Å². The number of ether oxygens (including phenoxy) is 1. The van der Waals surface area contributed by atoms with Gasteiger partial charge in [0.25, 0.3) is 10.0 Å². The maximum atomic E-state index is 13.9. The monoisotopic (exact) mass is 468 g/mol. The van der Waals surface area contributed by atoms with Crippen molar-refractivity contribution < 1.29 is 27.1 Å². The third kappa shape index (κ3) is 4.81. The molecule has 31 heavy (non-hydrogen) atoms. The number of nitrogens with zero attached hydrogens (tertiary/aromatic N) is 1. The molecular formula is C21H25FN2O5S2. The van der Waals surface area contributed by atoms with Gasteiger partial charge < -0.3 is 9.64 Å². The molecule has 1 amide bonds. The predicted octanol–water partition coefficient (Wildman–Crippen LogP) is 3.08. The van der Waals surface area contributed by atoms with Gasteiger partial charge in [0.05, 0.1) is 19.2 Å². The lowest BCUT2D eigenvalue weighted by molar-refractivity contribution is -0.140. The third-order valence-electron chi connectivity index (χ3n) is 5.00. The lowest BCUT2D eigenvalue weighted by Crippen LogP contribution is -2.42. The van der Waals surface area contributed by atoms with E-state index in [-0.39, 0.29) is 34.3 Å². The van der Waals surface area contributed by atoms with Crippen LogP contribution >= 0.6 is 11.3 Å². The number of nitrogens with one attached hydrogen (secondary N) is 1. The lowest BCUT2D eigenvalue weighted by Gasteiger charge is -2.32. The number of methoxy groups -OCH3 is 1. The summed E-state index contributed by atoms with van der Waals surface area (Å²) >= 11 is 0.945. The summed E-state index contributed by atoms with van der Waals surface area (Å²) in [5.74, 6) is -1.33.